The van der Waals surface area contributed by atoms with Crippen LogP contribution < -0.4 is 0 Å². The summed E-state index contributed by atoms with van der Waals surface area (Å²) >= 11 is 5.89. The Bertz CT molecular complexity index is 494. The number of ether oxygens (including phenoxy) is 1. The first kappa shape index (κ1) is 11.7. The summed E-state index contributed by atoms with van der Waals surface area (Å²) in [7, 11) is 0. The summed E-state index contributed by atoms with van der Waals surface area (Å²) < 4.78 is 5.13. The summed E-state index contributed by atoms with van der Waals surface area (Å²) in [6, 6.07) is 2.06. The molecule has 0 saturated carbocycles. The maximum Gasteiger partial charge on any atom is 0.410 e. The number of rotatable bonds is 1. The van der Waals surface area contributed by atoms with E-state index in [1.165, 1.54) is 0 Å². The van der Waals surface area contributed by atoms with E-state index in [2.05, 4.69) is 10.2 Å². The van der Waals surface area contributed by atoms with Crippen molar-refractivity contribution >= 4 is 17.7 Å². The van der Waals surface area contributed by atoms with Crippen molar-refractivity contribution in [2.75, 3.05) is 6.61 Å². The van der Waals surface area contributed by atoms with Gasteiger partial charge in [0.05, 0.1) is 18.3 Å². The number of halogens is 1. The minimum Gasteiger partial charge on any atom is -0.450 e. The van der Waals surface area contributed by atoms with Gasteiger partial charge in [-0.05, 0) is 25.8 Å². The van der Waals surface area contributed by atoms with Crippen molar-refractivity contribution in [3.05, 3.63) is 22.5 Å². The molecule has 6 heteroatoms. The lowest BCUT2D eigenvalue weighted by Crippen LogP contribution is -2.42. The van der Waals surface area contributed by atoms with Crippen molar-refractivity contribution in [3.8, 4) is 0 Å². The third-order valence-electron chi connectivity index (χ3n) is 3.64. The average Bonchev–Trinajstić information content (AvgIpc) is 2.67. The molecule has 0 N–H and O–H groups in total. The largest absolute Gasteiger partial charge is 0.450 e. The molecule has 1 aromatic heterocycles. The fourth-order valence-corrected chi connectivity index (χ4v) is 3.10. The van der Waals surface area contributed by atoms with E-state index in [9.17, 15) is 4.79 Å². The van der Waals surface area contributed by atoms with E-state index in [0.717, 1.165) is 30.5 Å². The molecular formula is C12H14ClN3O2. The predicted octanol–water partition coefficient (Wildman–Crippen LogP) is 2.35. The monoisotopic (exact) mass is 267 g/mol. The Morgan fingerprint density at radius 2 is 2.39 bits per heavy atom. The second-order valence-electron chi connectivity index (χ2n) is 4.63. The molecule has 0 aliphatic carbocycles. The number of amides is 1. The molecule has 3 heterocycles. The molecule has 2 aliphatic heterocycles. The normalized spacial score (nSPS) is 24.9. The summed E-state index contributed by atoms with van der Waals surface area (Å²) in [5, 5.41) is 8.39. The van der Waals surface area contributed by atoms with Gasteiger partial charge in [0.1, 0.15) is 0 Å². The van der Waals surface area contributed by atoms with E-state index in [1.54, 1.807) is 0 Å². The first-order chi connectivity index (χ1) is 8.70. The van der Waals surface area contributed by atoms with Gasteiger partial charge >= 0.3 is 6.09 Å². The van der Waals surface area contributed by atoms with Gasteiger partial charge in [-0.15, -0.1) is 5.10 Å². The zero-order chi connectivity index (χ0) is 12.7. The van der Waals surface area contributed by atoms with E-state index in [-0.39, 0.29) is 18.2 Å². The lowest BCUT2D eigenvalue weighted by atomic mass is 9.99. The van der Waals surface area contributed by atoms with Gasteiger partial charge in [0, 0.05) is 18.0 Å². The van der Waals surface area contributed by atoms with Crippen molar-refractivity contribution in [1.29, 1.82) is 0 Å². The highest BCUT2D eigenvalue weighted by molar-refractivity contribution is 6.29. The number of aromatic nitrogens is 2. The highest BCUT2D eigenvalue weighted by atomic mass is 35.5. The number of carbonyl (C=O) groups is 1. The number of carbonyl (C=O) groups excluding carboxylic acids is 1. The van der Waals surface area contributed by atoms with Crippen LogP contribution in [-0.4, -0.2) is 33.8 Å². The van der Waals surface area contributed by atoms with Crippen LogP contribution in [0, 0.1) is 0 Å². The Balaban J connectivity index is 1.96. The molecule has 96 valence electrons. The van der Waals surface area contributed by atoms with Gasteiger partial charge < -0.3 is 4.74 Å². The molecule has 2 unspecified atom stereocenters. The smallest absolute Gasteiger partial charge is 0.410 e. The molecule has 18 heavy (non-hydrogen) atoms. The minimum atomic E-state index is -0.233. The highest BCUT2D eigenvalue weighted by Gasteiger charge is 2.44. The molecule has 2 aliphatic rings. The zero-order valence-electron chi connectivity index (χ0n) is 10.1. The second-order valence-corrected chi connectivity index (χ2v) is 5.01. The second kappa shape index (κ2) is 4.39. The van der Waals surface area contributed by atoms with Gasteiger partial charge in [-0.1, -0.05) is 11.6 Å². The highest BCUT2D eigenvalue weighted by Crippen LogP contribution is 2.43. The molecule has 3 rings (SSSR count). The molecule has 0 radical (unpaired) electrons. The van der Waals surface area contributed by atoms with E-state index in [1.807, 2.05) is 17.9 Å². The maximum atomic E-state index is 12.0. The van der Waals surface area contributed by atoms with Crippen molar-refractivity contribution in [3.63, 3.8) is 0 Å². The number of fused-ring (bicyclic) bond motifs is 4. The summed E-state index contributed by atoms with van der Waals surface area (Å²) in [4.78, 5) is 13.8. The molecule has 0 spiro atoms. The molecule has 1 saturated heterocycles. The van der Waals surface area contributed by atoms with Crippen LogP contribution in [-0.2, 0) is 11.2 Å². The average molecular weight is 268 g/mol. The topological polar surface area (TPSA) is 55.3 Å². The van der Waals surface area contributed by atoms with E-state index in [4.69, 9.17) is 16.3 Å². The molecule has 1 amide bonds. The molecule has 1 aromatic rings. The SMILES string of the molecule is CCOC(=O)N1C2CCC1c1cc(Cl)nnc1C2. The summed E-state index contributed by atoms with van der Waals surface area (Å²) in [6.07, 6.45) is 2.44. The lowest BCUT2D eigenvalue weighted by Gasteiger charge is -2.34. The zero-order valence-corrected chi connectivity index (χ0v) is 10.9. The quantitative estimate of drug-likeness (QED) is 0.784. The Morgan fingerprint density at radius 1 is 1.56 bits per heavy atom. The fraction of sp³-hybridized carbons (Fsp3) is 0.583. The molecule has 0 aromatic carbocycles. The Labute approximate surface area is 110 Å². The van der Waals surface area contributed by atoms with Gasteiger partial charge in [0.25, 0.3) is 0 Å². The predicted molar refractivity (Wildman–Crippen MR) is 65.4 cm³/mol. The van der Waals surface area contributed by atoms with Crippen LogP contribution in [0.4, 0.5) is 4.79 Å². The summed E-state index contributed by atoms with van der Waals surface area (Å²) in [5.41, 5.74) is 1.99. The van der Waals surface area contributed by atoms with Crippen LogP contribution in [0.3, 0.4) is 0 Å². The van der Waals surface area contributed by atoms with Gasteiger partial charge in [-0.3, -0.25) is 4.90 Å². The van der Waals surface area contributed by atoms with E-state index < -0.39 is 0 Å². The third-order valence-corrected chi connectivity index (χ3v) is 3.83. The first-order valence-electron chi connectivity index (χ1n) is 6.17. The Kier molecular flexibility index (Phi) is 2.86. The number of nitrogens with zero attached hydrogens (tertiary/aromatic N) is 3. The summed E-state index contributed by atoms with van der Waals surface area (Å²) in [6.45, 7) is 2.22. The standard InChI is InChI=1S/C12H14ClN3O2/c1-2-18-12(17)16-7-3-4-10(16)8-6-11(13)15-14-9(8)5-7/h6-7,10H,2-5H2,1H3. The van der Waals surface area contributed by atoms with Crippen molar-refractivity contribution in [2.45, 2.75) is 38.3 Å². The van der Waals surface area contributed by atoms with Crippen LogP contribution in [0.5, 0.6) is 0 Å². The van der Waals surface area contributed by atoms with Crippen LogP contribution in [0.15, 0.2) is 6.07 Å². The first-order valence-corrected chi connectivity index (χ1v) is 6.55. The molecule has 5 nitrogen and oxygen atoms in total. The summed E-state index contributed by atoms with van der Waals surface area (Å²) in [5.74, 6) is 0. The van der Waals surface area contributed by atoms with E-state index >= 15 is 0 Å². The van der Waals surface area contributed by atoms with Gasteiger partial charge in [-0.25, -0.2) is 4.79 Å². The van der Waals surface area contributed by atoms with Gasteiger partial charge in [0.15, 0.2) is 5.15 Å². The van der Waals surface area contributed by atoms with Gasteiger partial charge in [-0.2, -0.15) is 5.10 Å². The van der Waals surface area contributed by atoms with E-state index in [0.29, 0.717) is 11.8 Å². The Morgan fingerprint density at radius 3 is 3.17 bits per heavy atom. The minimum absolute atomic E-state index is 0.0470. The van der Waals surface area contributed by atoms with Crippen LogP contribution in [0.2, 0.25) is 5.15 Å². The van der Waals surface area contributed by atoms with Crippen LogP contribution in [0.25, 0.3) is 0 Å². The van der Waals surface area contributed by atoms with Crippen molar-refractivity contribution in [2.24, 2.45) is 0 Å². The van der Waals surface area contributed by atoms with Crippen molar-refractivity contribution < 1.29 is 9.53 Å². The van der Waals surface area contributed by atoms with Crippen molar-refractivity contribution in [1.82, 2.24) is 15.1 Å². The Hall–Kier alpha value is -1.36. The fourth-order valence-electron chi connectivity index (χ4n) is 2.94. The molecule has 2 atom stereocenters. The van der Waals surface area contributed by atoms with Gasteiger partial charge in [0.2, 0.25) is 0 Å². The number of hydrogen-bond donors (Lipinski definition) is 0. The maximum absolute atomic E-state index is 12.0. The molecular weight excluding hydrogens is 254 g/mol. The molecule has 1 fully saturated rings. The van der Waals surface area contributed by atoms with Crippen LogP contribution in [0.1, 0.15) is 37.1 Å². The number of hydrogen-bond acceptors (Lipinski definition) is 4. The van der Waals surface area contributed by atoms with Crippen LogP contribution >= 0.6 is 11.6 Å². The third kappa shape index (κ3) is 1.73. The lowest BCUT2D eigenvalue weighted by molar-refractivity contribution is 0.0832. The molecule has 2 bridgehead atoms.